The van der Waals surface area contributed by atoms with Crippen LogP contribution in [-0.2, 0) is 22.3 Å². The third-order valence-electron chi connectivity index (χ3n) is 5.30. The number of carbonyl (C=O) groups excluding carboxylic acids is 2. The molecule has 0 unspecified atom stereocenters. The van der Waals surface area contributed by atoms with Crippen molar-refractivity contribution in [3.05, 3.63) is 102 Å². The van der Waals surface area contributed by atoms with Crippen LogP contribution < -0.4 is 10.6 Å². The van der Waals surface area contributed by atoms with Crippen LogP contribution in [0, 0.1) is 11.3 Å². The molecule has 4 aromatic rings. The van der Waals surface area contributed by atoms with Crippen LogP contribution in [-0.4, -0.2) is 16.4 Å². The minimum absolute atomic E-state index is 0.0123. The highest BCUT2D eigenvalue weighted by atomic mass is 19.4. The van der Waals surface area contributed by atoms with E-state index in [0.29, 0.717) is 22.2 Å². The molecule has 3 aromatic carbocycles. The Kier molecular flexibility index (Phi) is 6.88. The number of benzene rings is 3. The van der Waals surface area contributed by atoms with E-state index in [1.807, 2.05) is 6.07 Å². The highest BCUT2D eigenvalue weighted by Gasteiger charge is 2.30. The smallest absolute Gasteiger partial charge is 0.337 e. The summed E-state index contributed by atoms with van der Waals surface area (Å²) in [6, 6.07) is 22.1. The lowest BCUT2D eigenvalue weighted by molar-refractivity contribution is -0.137. The molecule has 6 nitrogen and oxygen atoms in total. The van der Waals surface area contributed by atoms with Crippen molar-refractivity contribution in [1.29, 1.82) is 5.26 Å². The minimum Gasteiger partial charge on any atom is -0.337 e. The summed E-state index contributed by atoms with van der Waals surface area (Å²) in [7, 11) is 0. The summed E-state index contributed by atoms with van der Waals surface area (Å²) in [4.78, 5) is 25.3. The Labute approximate surface area is 204 Å². The highest BCUT2D eigenvalue weighted by Crippen LogP contribution is 2.31. The average molecular weight is 488 g/mol. The van der Waals surface area contributed by atoms with Gasteiger partial charge in [-0.3, -0.25) is 9.59 Å². The Morgan fingerprint density at radius 1 is 0.917 bits per heavy atom. The number of rotatable bonds is 6. The number of anilines is 2. The largest absolute Gasteiger partial charge is 0.416 e. The molecule has 0 bridgehead atoms. The van der Waals surface area contributed by atoms with Gasteiger partial charge in [-0.2, -0.15) is 18.4 Å². The number of alkyl halides is 3. The van der Waals surface area contributed by atoms with Crippen molar-refractivity contribution in [2.75, 3.05) is 10.6 Å². The van der Waals surface area contributed by atoms with Gasteiger partial charge < -0.3 is 15.2 Å². The number of hydrogen-bond donors (Lipinski definition) is 2. The van der Waals surface area contributed by atoms with Gasteiger partial charge in [-0.25, -0.2) is 0 Å². The monoisotopic (exact) mass is 488 g/mol. The Balaban J connectivity index is 1.59. The normalized spacial score (nSPS) is 11.7. The summed E-state index contributed by atoms with van der Waals surface area (Å²) in [6.45, 7) is -0.0123. The lowest BCUT2D eigenvalue weighted by Crippen LogP contribution is -2.18. The first kappa shape index (κ1) is 24.3. The number of halogens is 3. The number of hydrogen-bond acceptors (Lipinski definition) is 3. The van der Waals surface area contributed by atoms with Crippen LogP contribution in [0.25, 0.3) is 17.0 Å². The molecule has 2 N–H and O–H groups in total. The summed E-state index contributed by atoms with van der Waals surface area (Å²) < 4.78 is 40.6. The van der Waals surface area contributed by atoms with Crippen molar-refractivity contribution in [2.45, 2.75) is 12.7 Å². The summed E-state index contributed by atoms with van der Waals surface area (Å²) in [5.41, 5.74) is 0.563. The molecule has 0 spiro atoms. The number of nitriles is 1. The maximum absolute atomic E-state index is 13.0. The zero-order chi connectivity index (χ0) is 25.7. The predicted octanol–water partition coefficient (Wildman–Crippen LogP) is 5.84. The van der Waals surface area contributed by atoms with Crippen LogP contribution in [0.4, 0.5) is 24.5 Å². The molecule has 36 heavy (non-hydrogen) atoms. The second-order valence-electron chi connectivity index (χ2n) is 7.85. The number of carbonyl (C=O) groups is 2. The lowest BCUT2D eigenvalue weighted by atomic mass is 10.1. The van der Waals surface area contributed by atoms with E-state index in [1.54, 1.807) is 65.4 Å². The number of nitrogens with zero attached hydrogens (tertiary/aromatic N) is 2. The quantitative estimate of drug-likeness (QED) is 0.264. The van der Waals surface area contributed by atoms with Crippen LogP contribution in [0.5, 0.6) is 0 Å². The molecule has 0 aliphatic heterocycles. The van der Waals surface area contributed by atoms with Crippen molar-refractivity contribution in [3.8, 4) is 6.07 Å². The third-order valence-corrected chi connectivity index (χ3v) is 5.30. The Bertz CT molecular complexity index is 1500. The Morgan fingerprint density at radius 3 is 2.33 bits per heavy atom. The summed E-state index contributed by atoms with van der Waals surface area (Å²) in [5, 5.41) is 15.4. The van der Waals surface area contributed by atoms with E-state index in [0.717, 1.165) is 12.1 Å². The number of fused-ring (bicyclic) bond motifs is 1. The van der Waals surface area contributed by atoms with E-state index in [1.165, 1.54) is 18.2 Å². The van der Waals surface area contributed by atoms with Crippen molar-refractivity contribution >= 4 is 40.2 Å². The zero-order valence-electron chi connectivity index (χ0n) is 18.7. The van der Waals surface area contributed by atoms with Gasteiger partial charge in [0.15, 0.2) is 0 Å². The van der Waals surface area contributed by atoms with Crippen molar-refractivity contribution < 1.29 is 22.8 Å². The van der Waals surface area contributed by atoms with Crippen molar-refractivity contribution in [2.24, 2.45) is 0 Å². The second kappa shape index (κ2) is 10.2. The summed E-state index contributed by atoms with van der Waals surface area (Å²) >= 11 is 0. The molecule has 4 rings (SSSR count). The molecule has 0 saturated carbocycles. The molecule has 0 aliphatic carbocycles. The number of nitrogens with one attached hydrogen (secondary N) is 2. The highest BCUT2D eigenvalue weighted by molar-refractivity contribution is 6.11. The average Bonchev–Trinajstić information content (AvgIpc) is 3.19. The van der Waals surface area contributed by atoms with Gasteiger partial charge >= 0.3 is 6.18 Å². The maximum Gasteiger partial charge on any atom is 0.416 e. The first-order valence-electron chi connectivity index (χ1n) is 10.8. The Hall–Kier alpha value is -4.84. The van der Waals surface area contributed by atoms with Gasteiger partial charge in [0.25, 0.3) is 5.91 Å². The van der Waals surface area contributed by atoms with Gasteiger partial charge in [0.2, 0.25) is 5.91 Å². The number of amides is 2. The van der Waals surface area contributed by atoms with E-state index in [9.17, 15) is 28.0 Å². The predicted molar refractivity (Wildman–Crippen MR) is 131 cm³/mol. The molecule has 0 atom stereocenters. The first-order chi connectivity index (χ1) is 17.2. The molecule has 0 fully saturated rings. The second-order valence-corrected chi connectivity index (χ2v) is 7.85. The molecule has 1 heterocycles. The van der Waals surface area contributed by atoms with Gasteiger partial charge in [-0.15, -0.1) is 0 Å². The van der Waals surface area contributed by atoms with E-state index < -0.39 is 17.6 Å². The van der Waals surface area contributed by atoms with Crippen LogP contribution in [0.1, 0.15) is 11.1 Å². The van der Waals surface area contributed by atoms with E-state index >= 15 is 0 Å². The van der Waals surface area contributed by atoms with E-state index in [-0.39, 0.29) is 23.7 Å². The standard InChI is InChI=1S/C27H19F3N4O2/c28-27(29,30)20-7-6-10-22(14-20)33-26(36)18(15-31)13-19-16-34(24-12-5-4-11-23(19)24)17-25(35)32-21-8-2-1-3-9-21/h1-14,16H,17H2,(H,32,35)(H,33,36)/b18-13-. The van der Waals surface area contributed by atoms with E-state index in [4.69, 9.17) is 0 Å². The van der Waals surface area contributed by atoms with Crippen molar-refractivity contribution in [3.63, 3.8) is 0 Å². The third kappa shape index (κ3) is 5.62. The van der Waals surface area contributed by atoms with Crippen LogP contribution in [0.2, 0.25) is 0 Å². The molecule has 9 heteroatoms. The molecule has 0 radical (unpaired) electrons. The molecule has 1 aromatic heterocycles. The molecular formula is C27H19F3N4O2. The fourth-order valence-corrected chi connectivity index (χ4v) is 3.67. The number of para-hydroxylation sites is 2. The van der Waals surface area contributed by atoms with Crippen LogP contribution in [0.3, 0.4) is 0 Å². The van der Waals surface area contributed by atoms with Crippen LogP contribution >= 0.6 is 0 Å². The molecule has 0 saturated heterocycles. The van der Waals surface area contributed by atoms with E-state index in [2.05, 4.69) is 10.6 Å². The molecule has 0 aliphatic rings. The van der Waals surface area contributed by atoms with Gasteiger partial charge in [0.1, 0.15) is 18.2 Å². The lowest BCUT2D eigenvalue weighted by Gasteiger charge is -2.09. The summed E-state index contributed by atoms with van der Waals surface area (Å²) in [5.74, 6) is -1.12. The Morgan fingerprint density at radius 2 is 1.61 bits per heavy atom. The SMILES string of the molecule is N#C/C(=C/c1cn(CC(=O)Nc2ccccc2)c2ccccc12)C(=O)Nc1cccc(C(F)(F)F)c1. The fourth-order valence-electron chi connectivity index (χ4n) is 3.67. The number of aromatic nitrogens is 1. The van der Waals surface area contributed by atoms with Gasteiger partial charge in [-0.05, 0) is 42.5 Å². The minimum atomic E-state index is -4.57. The van der Waals surface area contributed by atoms with Gasteiger partial charge in [-0.1, -0.05) is 42.5 Å². The topological polar surface area (TPSA) is 86.9 Å². The molecule has 180 valence electrons. The molecular weight excluding hydrogens is 469 g/mol. The molecule has 2 amide bonds. The first-order valence-corrected chi connectivity index (χ1v) is 10.8. The zero-order valence-corrected chi connectivity index (χ0v) is 18.7. The fraction of sp³-hybridized carbons (Fsp3) is 0.0741. The van der Waals surface area contributed by atoms with Gasteiger partial charge in [0.05, 0.1) is 5.56 Å². The van der Waals surface area contributed by atoms with Crippen molar-refractivity contribution in [1.82, 2.24) is 4.57 Å². The maximum atomic E-state index is 13.0. The van der Waals surface area contributed by atoms with Gasteiger partial charge in [0, 0.05) is 34.0 Å². The van der Waals surface area contributed by atoms with Crippen LogP contribution in [0.15, 0.2) is 90.6 Å². The summed E-state index contributed by atoms with van der Waals surface area (Å²) in [6.07, 6.45) is -1.58.